The van der Waals surface area contributed by atoms with Gasteiger partial charge in [0.2, 0.25) is 0 Å². The molecule has 24 heavy (non-hydrogen) atoms. The molecule has 0 radical (unpaired) electrons. The molecule has 3 rings (SSSR count). The molecule has 0 aliphatic heterocycles. The van der Waals surface area contributed by atoms with Crippen molar-refractivity contribution in [1.29, 1.82) is 5.26 Å². The van der Waals surface area contributed by atoms with E-state index in [1.54, 1.807) is 30.5 Å². The molecule has 3 aromatic rings. The Hall–Kier alpha value is -3.26. The summed E-state index contributed by atoms with van der Waals surface area (Å²) in [6.45, 7) is 2.82. The zero-order valence-electron chi connectivity index (χ0n) is 13.3. The minimum absolute atomic E-state index is 0.431. The number of imidazole rings is 1. The Labute approximate surface area is 140 Å². The van der Waals surface area contributed by atoms with Gasteiger partial charge in [0, 0.05) is 18.5 Å². The molecule has 0 unspecified atom stereocenters. The third-order valence-electron chi connectivity index (χ3n) is 3.53. The summed E-state index contributed by atoms with van der Waals surface area (Å²) in [6, 6.07) is 16.9. The zero-order valence-corrected chi connectivity index (χ0v) is 13.3. The average Bonchev–Trinajstić information content (AvgIpc) is 3.05. The molecule has 0 saturated carbocycles. The van der Waals surface area contributed by atoms with Crippen LogP contribution < -0.4 is 9.47 Å². The van der Waals surface area contributed by atoms with Crippen molar-refractivity contribution in [3.63, 3.8) is 0 Å². The van der Waals surface area contributed by atoms with Crippen LogP contribution in [0.4, 0.5) is 0 Å². The first-order valence-corrected chi connectivity index (χ1v) is 7.62. The van der Waals surface area contributed by atoms with Gasteiger partial charge in [0.05, 0.1) is 17.3 Å². The molecule has 120 valence electrons. The molecule has 1 aromatic heterocycles. The molecule has 0 bridgehead atoms. The Morgan fingerprint density at radius 2 is 1.79 bits per heavy atom. The molecule has 0 aliphatic carbocycles. The van der Waals surface area contributed by atoms with Gasteiger partial charge in [-0.25, -0.2) is 4.98 Å². The molecular weight excluding hydrogens is 302 g/mol. The molecule has 0 N–H and O–H groups in total. The summed E-state index contributed by atoms with van der Waals surface area (Å²) in [5.41, 5.74) is 1.63. The minimum Gasteiger partial charge on any atom is -0.490 e. The van der Waals surface area contributed by atoms with Crippen molar-refractivity contribution in [1.82, 2.24) is 9.55 Å². The van der Waals surface area contributed by atoms with Crippen molar-refractivity contribution in [3.05, 3.63) is 72.3 Å². The molecule has 0 amide bonds. The van der Waals surface area contributed by atoms with Crippen LogP contribution in [0.3, 0.4) is 0 Å². The van der Waals surface area contributed by atoms with E-state index in [0.717, 1.165) is 23.0 Å². The Morgan fingerprint density at radius 3 is 2.46 bits per heavy atom. The fourth-order valence-corrected chi connectivity index (χ4v) is 2.32. The Morgan fingerprint density at radius 1 is 1.04 bits per heavy atom. The first-order valence-electron chi connectivity index (χ1n) is 7.62. The van der Waals surface area contributed by atoms with Crippen molar-refractivity contribution >= 4 is 0 Å². The van der Waals surface area contributed by atoms with Gasteiger partial charge in [0.15, 0.2) is 0 Å². The highest BCUT2D eigenvalue weighted by molar-refractivity contribution is 5.40. The highest BCUT2D eigenvalue weighted by Crippen LogP contribution is 2.18. The van der Waals surface area contributed by atoms with Gasteiger partial charge < -0.3 is 14.0 Å². The number of aromatic nitrogens is 2. The predicted molar refractivity (Wildman–Crippen MR) is 90.4 cm³/mol. The van der Waals surface area contributed by atoms with Crippen LogP contribution in [0.25, 0.3) is 5.69 Å². The lowest BCUT2D eigenvalue weighted by Crippen LogP contribution is -2.09. The summed E-state index contributed by atoms with van der Waals surface area (Å²) in [6.07, 6.45) is 3.69. The maximum Gasteiger partial charge on any atom is 0.122 e. The quantitative estimate of drug-likeness (QED) is 0.652. The number of rotatable bonds is 6. The van der Waals surface area contributed by atoms with Gasteiger partial charge in [-0.15, -0.1) is 0 Å². The smallest absolute Gasteiger partial charge is 0.122 e. The van der Waals surface area contributed by atoms with E-state index in [2.05, 4.69) is 11.1 Å². The van der Waals surface area contributed by atoms with Crippen LogP contribution in [-0.4, -0.2) is 22.8 Å². The standard InChI is InChI=1S/C19H17N3O2/c1-15-21-9-10-22(15)17-3-2-4-19(13-17)24-12-11-23-18-7-5-16(14-20)6-8-18/h2-10,13H,11-12H2,1H3. The summed E-state index contributed by atoms with van der Waals surface area (Å²) in [5, 5.41) is 8.76. The van der Waals surface area contributed by atoms with E-state index in [-0.39, 0.29) is 0 Å². The van der Waals surface area contributed by atoms with E-state index in [4.69, 9.17) is 14.7 Å². The molecule has 1 heterocycles. The Bertz CT molecular complexity index is 848. The summed E-state index contributed by atoms with van der Waals surface area (Å²) in [7, 11) is 0. The van der Waals surface area contributed by atoms with Gasteiger partial charge in [-0.05, 0) is 43.3 Å². The van der Waals surface area contributed by atoms with E-state index in [0.29, 0.717) is 18.8 Å². The molecule has 0 atom stereocenters. The average molecular weight is 319 g/mol. The highest BCUT2D eigenvalue weighted by atomic mass is 16.5. The SMILES string of the molecule is Cc1nccn1-c1cccc(OCCOc2ccc(C#N)cc2)c1. The fourth-order valence-electron chi connectivity index (χ4n) is 2.32. The Balaban J connectivity index is 1.53. The van der Waals surface area contributed by atoms with Gasteiger partial charge >= 0.3 is 0 Å². The van der Waals surface area contributed by atoms with Crippen LogP contribution in [-0.2, 0) is 0 Å². The number of nitriles is 1. The number of hydrogen-bond acceptors (Lipinski definition) is 4. The summed E-state index contributed by atoms with van der Waals surface area (Å²) < 4.78 is 13.3. The van der Waals surface area contributed by atoms with Crippen LogP contribution in [0.1, 0.15) is 11.4 Å². The van der Waals surface area contributed by atoms with Gasteiger partial charge in [0.1, 0.15) is 30.5 Å². The van der Waals surface area contributed by atoms with Crippen molar-refractivity contribution in [2.24, 2.45) is 0 Å². The summed E-state index contributed by atoms with van der Waals surface area (Å²) in [5.74, 6) is 2.43. The second kappa shape index (κ2) is 7.34. The molecule has 2 aromatic carbocycles. The first kappa shape index (κ1) is 15.6. The van der Waals surface area contributed by atoms with Gasteiger partial charge in [-0.3, -0.25) is 0 Å². The lowest BCUT2D eigenvalue weighted by molar-refractivity contribution is 0.217. The minimum atomic E-state index is 0.431. The number of nitrogens with zero attached hydrogens (tertiary/aromatic N) is 3. The maximum atomic E-state index is 8.76. The van der Waals surface area contributed by atoms with E-state index in [1.807, 2.05) is 42.0 Å². The largest absolute Gasteiger partial charge is 0.490 e. The molecule has 0 aliphatic rings. The van der Waals surface area contributed by atoms with Crippen LogP contribution in [0.5, 0.6) is 11.5 Å². The summed E-state index contributed by atoms with van der Waals surface area (Å²) in [4.78, 5) is 4.23. The van der Waals surface area contributed by atoms with E-state index in [9.17, 15) is 0 Å². The lowest BCUT2D eigenvalue weighted by Gasteiger charge is -2.10. The summed E-state index contributed by atoms with van der Waals surface area (Å²) >= 11 is 0. The highest BCUT2D eigenvalue weighted by Gasteiger charge is 2.02. The van der Waals surface area contributed by atoms with Crippen molar-refractivity contribution in [3.8, 4) is 23.3 Å². The molecular formula is C19H17N3O2. The van der Waals surface area contributed by atoms with Crippen LogP contribution in [0.15, 0.2) is 60.9 Å². The van der Waals surface area contributed by atoms with Crippen LogP contribution in [0, 0.1) is 18.3 Å². The second-order valence-electron chi connectivity index (χ2n) is 5.17. The van der Waals surface area contributed by atoms with Gasteiger partial charge in [-0.2, -0.15) is 5.26 Å². The van der Waals surface area contributed by atoms with E-state index < -0.39 is 0 Å². The maximum absolute atomic E-state index is 8.76. The molecule has 5 nitrogen and oxygen atoms in total. The first-order chi connectivity index (χ1) is 11.8. The van der Waals surface area contributed by atoms with Crippen molar-refractivity contribution in [2.75, 3.05) is 13.2 Å². The van der Waals surface area contributed by atoms with Gasteiger partial charge in [0.25, 0.3) is 0 Å². The van der Waals surface area contributed by atoms with E-state index >= 15 is 0 Å². The van der Waals surface area contributed by atoms with Crippen LogP contribution >= 0.6 is 0 Å². The lowest BCUT2D eigenvalue weighted by atomic mass is 10.2. The number of benzene rings is 2. The molecule has 5 heteroatoms. The second-order valence-corrected chi connectivity index (χ2v) is 5.17. The third kappa shape index (κ3) is 3.73. The van der Waals surface area contributed by atoms with Crippen LogP contribution in [0.2, 0.25) is 0 Å². The van der Waals surface area contributed by atoms with Gasteiger partial charge in [-0.1, -0.05) is 6.07 Å². The number of aryl methyl sites for hydroxylation is 1. The van der Waals surface area contributed by atoms with Crippen molar-refractivity contribution in [2.45, 2.75) is 6.92 Å². The van der Waals surface area contributed by atoms with E-state index in [1.165, 1.54) is 0 Å². The zero-order chi connectivity index (χ0) is 16.8. The monoisotopic (exact) mass is 319 g/mol. The predicted octanol–water partition coefficient (Wildman–Crippen LogP) is 3.51. The number of hydrogen-bond donors (Lipinski definition) is 0. The molecule has 0 saturated heterocycles. The topological polar surface area (TPSA) is 60.1 Å². The third-order valence-corrected chi connectivity index (χ3v) is 3.53. The Kier molecular flexibility index (Phi) is 4.78. The number of ether oxygens (including phenoxy) is 2. The fraction of sp³-hybridized carbons (Fsp3) is 0.158. The normalized spacial score (nSPS) is 10.2. The molecule has 0 spiro atoms. The van der Waals surface area contributed by atoms with Crippen molar-refractivity contribution < 1.29 is 9.47 Å². The molecule has 0 fully saturated rings.